The molecule has 96 valence electrons. The van der Waals surface area contributed by atoms with E-state index in [2.05, 4.69) is 0 Å². The van der Waals surface area contributed by atoms with Crippen LogP contribution in [-0.2, 0) is 16.3 Å². The van der Waals surface area contributed by atoms with Gasteiger partial charge < -0.3 is 5.11 Å². The molecule has 5 heteroatoms. The molecule has 17 heavy (non-hydrogen) atoms. The third-order valence-corrected chi connectivity index (χ3v) is 3.47. The molecule has 0 heterocycles. The van der Waals surface area contributed by atoms with Crippen molar-refractivity contribution in [3.63, 3.8) is 0 Å². The minimum Gasteiger partial charge on any atom is -0.393 e. The molecule has 0 spiro atoms. The predicted octanol–water partition coefficient (Wildman–Crippen LogP) is 1.55. The van der Waals surface area contributed by atoms with E-state index in [1.807, 2.05) is 0 Å². The van der Waals surface area contributed by atoms with Crippen LogP contribution < -0.4 is 0 Å². The summed E-state index contributed by atoms with van der Waals surface area (Å²) < 4.78 is 34.4. The SMILES string of the molecule is CS(=O)(=O)CCCC(O)Cc1ccc(F)cc1. The average Bonchev–Trinajstić information content (AvgIpc) is 2.19. The average molecular weight is 260 g/mol. The molecule has 3 nitrogen and oxygen atoms in total. The van der Waals surface area contributed by atoms with Crippen molar-refractivity contribution >= 4 is 9.84 Å². The maximum absolute atomic E-state index is 12.6. The minimum atomic E-state index is -2.96. The van der Waals surface area contributed by atoms with Crippen molar-refractivity contribution in [1.29, 1.82) is 0 Å². The topological polar surface area (TPSA) is 54.4 Å². The lowest BCUT2D eigenvalue weighted by atomic mass is 10.0. The minimum absolute atomic E-state index is 0.0908. The van der Waals surface area contributed by atoms with Crippen molar-refractivity contribution in [3.8, 4) is 0 Å². The molecule has 1 unspecified atom stereocenters. The van der Waals surface area contributed by atoms with Gasteiger partial charge in [0.15, 0.2) is 0 Å². The summed E-state index contributed by atoms with van der Waals surface area (Å²) in [6, 6.07) is 5.93. The Morgan fingerprint density at radius 2 is 1.88 bits per heavy atom. The standard InChI is InChI=1S/C12H17FO3S/c1-17(15,16)8-2-3-12(14)9-10-4-6-11(13)7-5-10/h4-7,12,14H,2-3,8-9H2,1H3. The first kappa shape index (κ1) is 14.1. The van der Waals surface area contributed by atoms with Gasteiger partial charge in [-0.15, -0.1) is 0 Å². The highest BCUT2D eigenvalue weighted by molar-refractivity contribution is 7.90. The van der Waals surface area contributed by atoms with E-state index in [1.54, 1.807) is 12.1 Å². The summed E-state index contributed by atoms with van der Waals surface area (Å²) >= 11 is 0. The van der Waals surface area contributed by atoms with Crippen LogP contribution in [0.25, 0.3) is 0 Å². The molecule has 0 aliphatic rings. The van der Waals surface area contributed by atoms with Crippen LogP contribution >= 0.6 is 0 Å². The second-order valence-corrected chi connectivity index (χ2v) is 6.52. The van der Waals surface area contributed by atoms with E-state index >= 15 is 0 Å². The number of aliphatic hydroxyl groups excluding tert-OH is 1. The number of sulfone groups is 1. The lowest BCUT2D eigenvalue weighted by Crippen LogP contribution is -2.13. The quantitative estimate of drug-likeness (QED) is 0.844. The first-order valence-electron chi connectivity index (χ1n) is 5.47. The molecule has 0 fully saturated rings. The van der Waals surface area contributed by atoms with E-state index in [0.717, 1.165) is 5.56 Å². The third kappa shape index (κ3) is 6.38. The molecule has 1 atom stereocenters. The molecule has 1 N–H and O–H groups in total. The second-order valence-electron chi connectivity index (χ2n) is 4.26. The second kappa shape index (κ2) is 6.12. The number of halogens is 1. The van der Waals surface area contributed by atoms with Crippen LogP contribution in [0.3, 0.4) is 0 Å². The zero-order valence-corrected chi connectivity index (χ0v) is 10.6. The van der Waals surface area contributed by atoms with E-state index in [0.29, 0.717) is 19.3 Å². The molecule has 1 aromatic carbocycles. The van der Waals surface area contributed by atoms with Crippen molar-refractivity contribution in [3.05, 3.63) is 35.6 Å². The molecule has 0 saturated carbocycles. The summed E-state index contributed by atoms with van der Waals surface area (Å²) in [7, 11) is -2.96. The monoisotopic (exact) mass is 260 g/mol. The van der Waals surface area contributed by atoms with Crippen molar-refractivity contribution in [2.75, 3.05) is 12.0 Å². The molecule has 0 bridgehead atoms. The van der Waals surface area contributed by atoms with Crippen LogP contribution in [0.1, 0.15) is 18.4 Å². The number of aliphatic hydroxyl groups is 1. The van der Waals surface area contributed by atoms with E-state index in [9.17, 15) is 17.9 Å². The maximum atomic E-state index is 12.6. The Morgan fingerprint density at radius 3 is 2.41 bits per heavy atom. The Morgan fingerprint density at radius 1 is 1.29 bits per heavy atom. The van der Waals surface area contributed by atoms with Gasteiger partial charge in [-0.1, -0.05) is 12.1 Å². The Kier molecular flexibility index (Phi) is 5.08. The van der Waals surface area contributed by atoms with E-state index in [-0.39, 0.29) is 11.6 Å². The van der Waals surface area contributed by atoms with Crippen LogP contribution in [0.15, 0.2) is 24.3 Å². The fourth-order valence-corrected chi connectivity index (χ4v) is 2.27. The smallest absolute Gasteiger partial charge is 0.147 e. The molecule has 0 amide bonds. The van der Waals surface area contributed by atoms with E-state index in [1.165, 1.54) is 18.4 Å². The van der Waals surface area contributed by atoms with Crippen LogP contribution in [0.4, 0.5) is 4.39 Å². The lowest BCUT2D eigenvalue weighted by Gasteiger charge is -2.10. The van der Waals surface area contributed by atoms with Gasteiger partial charge in [-0.3, -0.25) is 0 Å². The summed E-state index contributed by atoms with van der Waals surface area (Å²) in [6.07, 6.45) is 1.90. The molecule has 0 aliphatic heterocycles. The fraction of sp³-hybridized carbons (Fsp3) is 0.500. The van der Waals surface area contributed by atoms with Crippen LogP contribution in [0, 0.1) is 5.82 Å². The number of rotatable bonds is 6. The first-order chi connectivity index (χ1) is 7.87. The van der Waals surface area contributed by atoms with Crippen LogP contribution in [0.2, 0.25) is 0 Å². The number of hydrogen-bond acceptors (Lipinski definition) is 3. The maximum Gasteiger partial charge on any atom is 0.147 e. The van der Waals surface area contributed by atoms with Gasteiger partial charge in [0.1, 0.15) is 15.7 Å². The van der Waals surface area contributed by atoms with Crippen molar-refractivity contribution < 1.29 is 17.9 Å². The van der Waals surface area contributed by atoms with Crippen LogP contribution in [-0.4, -0.2) is 31.6 Å². The van der Waals surface area contributed by atoms with Gasteiger partial charge in [-0.05, 0) is 37.0 Å². The van der Waals surface area contributed by atoms with Crippen molar-refractivity contribution in [1.82, 2.24) is 0 Å². The van der Waals surface area contributed by atoms with Crippen molar-refractivity contribution in [2.24, 2.45) is 0 Å². The highest BCUT2D eigenvalue weighted by Crippen LogP contribution is 2.09. The van der Waals surface area contributed by atoms with Crippen molar-refractivity contribution in [2.45, 2.75) is 25.4 Å². The van der Waals surface area contributed by atoms with Crippen LogP contribution in [0.5, 0.6) is 0 Å². The Balaban J connectivity index is 2.34. The molecule has 0 radical (unpaired) electrons. The Bertz CT molecular complexity index is 439. The first-order valence-corrected chi connectivity index (χ1v) is 7.53. The van der Waals surface area contributed by atoms with Gasteiger partial charge in [0.05, 0.1) is 6.10 Å². The summed E-state index contributed by atoms with van der Waals surface area (Å²) in [4.78, 5) is 0. The Labute approximate surface area is 101 Å². The van der Waals surface area contributed by atoms with Gasteiger partial charge in [-0.2, -0.15) is 0 Å². The zero-order chi connectivity index (χ0) is 12.9. The highest BCUT2D eigenvalue weighted by atomic mass is 32.2. The molecule has 0 aliphatic carbocycles. The molecule has 1 rings (SSSR count). The summed E-state index contributed by atoms with van der Waals surface area (Å²) in [6.45, 7) is 0. The van der Waals surface area contributed by atoms with E-state index < -0.39 is 15.9 Å². The predicted molar refractivity (Wildman–Crippen MR) is 65.1 cm³/mol. The van der Waals surface area contributed by atoms with E-state index in [4.69, 9.17) is 0 Å². The van der Waals surface area contributed by atoms with Gasteiger partial charge >= 0.3 is 0 Å². The highest BCUT2D eigenvalue weighted by Gasteiger charge is 2.08. The lowest BCUT2D eigenvalue weighted by molar-refractivity contribution is 0.164. The van der Waals surface area contributed by atoms with Gasteiger partial charge in [0, 0.05) is 12.0 Å². The summed E-state index contributed by atoms with van der Waals surface area (Å²) in [5.41, 5.74) is 0.846. The fourth-order valence-electron chi connectivity index (χ4n) is 1.58. The summed E-state index contributed by atoms with van der Waals surface area (Å²) in [5, 5.41) is 9.68. The largest absolute Gasteiger partial charge is 0.393 e. The molecular formula is C12H17FO3S. The zero-order valence-electron chi connectivity index (χ0n) is 9.77. The molecule has 1 aromatic rings. The molecule has 0 aromatic heterocycles. The molecule has 0 saturated heterocycles. The third-order valence-electron chi connectivity index (χ3n) is 2.44. The summed E-state index contributed by atoms with van der Waals surface area (Å²) in [5.74, 6) is -0.215. The van der Waals surface area contributed by atoms with Gasteiger partial charge in [-0.25, -0.2) is 12.8 Å². The number of hydrogen-bond donors (Lipinski definition) is 1. The Hall–Kier alpha value is -0.940. The normalized spacial score (nSPS) is 13.6. The van der Waals surface area contributed by atoms with Gasteiger partial charge in [0.25, 0.3) is 0 Å². The molecular weight excluding hydrogens is 243 g/mol. The van der Waals surface area contributed by atoms with Gasteiger partial charge in [0.2, 0.25) is 0 Å². The number of benzene rings is 1.